The zero-order chi connectivity index (χ0) is 16.3. The van der Waals surface area contributed by atoms with Crippen LogP contribution in [0.25, 0.3) is 0 Å². The minimum absolute atomic E-state index is 0.0899. The van der Waals surface area contributed by atoms with Crippen molar-refractivity contribution in [2.24, 2.45) is 5.92 Å². The standard InChI is InChI=1S/C15H19NO4.C2H6/c1-9-3-5-11(6-4-9)7-16-13-12(8-19-15(13)18)14(20-16)10(2)17;1-2/h3-6,10,12-14,17H,7-8H2,1-2H3;1-2H3. The van der Waals surface area contributed by atoms with E-state index in [4.69, 9.17) is 9.57 Å². The van der Waals surface area contributed by atoms with E-state index < -0.39 is 12.1 Å². The fourth-order valence-corrected chi connectivity index (χ4v) is 2.89. The molecule has 2 fully saturated rings. The highest BCUT2D eigenvalue weighted by Crippen LogP contribution is 2.35. The largest absolute Gasteiger partial charge is 0.464 e. The summed E-state index contributed by atoms with van der Waals surface area (Å²) < 4.78 is 5.12. The fourth-order valence-electron chi connectivity index (χ4n) is 2.89. The Balaban J connectivity index is 0.000000847. The maximum atomic E-state index is 11.9. The lowest BCUT2D eigenvalue weighted by Crippen LogP contribution is -2.35. The van der Waals surface area contributed by atoms with E-state index in [2.05, 4.69) is 0 Å². The van der Waals surface area contributed by atoms with Gasteiger partial charge in [-0.15, -0.1) is 0 Å². The molecule has 0 aromatic heterocycles. The van der Waals surface area contributed by atoms with Gasteiger partial charge in [0.25, 0.3) is 0 Å². The quantitative estimate of drug-likeness (QED) is 0.866. The first-order valence-electron chi connectivity index (χ1n) is 7.90. The van der Waals surface area contributed by atoms with E-state index in [1.165, 1.54) is 5.56 Å². The van der Waals surface area contributed by atoms with Crippen LogP contribution >= 0.6 is 0 Å². The third kappa shape index (κ3) is 3.32. The molecule has 1 N–H and O–H groups in total. The summed E-state index contributed by atoms with van der Waals surface area (Å²) >= 11 is 0. The van der Waals surface area contributed by atoms with Gasteiger partial charge in [-0.2, -0.15) is 5.06 Å². The number of aliphatic hydroxyl groups is 1. The van der Waals surface area contributed by atoms with E-state index >= 15 is 0 Å². The number of esters is 1. The Bertz CT molecular complexity index is 500. The molecular weight excluding hydrogens is 282 g/mol. The fraction of sp³-hybridized carbons (Fsp3) is 0.588. The summed E-state index contributed by atoms with van der Waals surface area (Å²) in [6, 6.07) is 7.69. The van der Waals surface area contributed by atoms with Gasteiger partial charge in [0, 0.05) is 0 Å². The smallest absolute Gasteiger partial charge is 0.326 e. The number of benzene rings is 1. The van der Waals surface area contributed by atoms with Crippen molar-refractivity contribution < 1.29 is 19.5 Å². The number of hydrogen-bond donors (Lipinski definition) is 1. The second-order valence-electron chi connectivity index (χ2n) is 5.61. The molecule has 122 valence electrons. The lowest BCUT2D eigenvalue weighted by atomic mass is 9.95. The topological polar surface area (TPSA) is 59.0 Å². The molecule has 1 aromatic rings. The zero-order valence-electron chi connectivity index (χ0n) is 13.7. The third-order valence-corrected chi connectivity index (χ3v) is 3.99. The molecule has 0 spiro atoms. The molecule has 0 saturated carbocycles. The normalized spacial score (nSPS) is 28.6. The van der Waals surface area contributed by atoms with Crippen LogP contribution in [-0.4, -0.2) is 41.0 Å². The molecule has 2 saturated heterocycles. The van der Waals surface area contributed by atoms with Gasteiger partial charge >= 0.3 is 5.97 Å². The van der Waals surface area contributed by atoms with Gasteiger partial charge in [-0.05, 0) is 19.4 Å². The van der Waals surface area contributed by atoms with E-state index in [9.17, 15) is 9.90 Å². The second-order valence-corrected chi connectivity index (χ2v) is 5.61. The van der Waals surface area contributed by atoms with Gasteiger partial charge in [-0.1, -0.05) is 43.7 Å². The Morgan fingerprint density at radius 1 is 1.32 bits per heavy atom. The first kappa shape index (κ1) is 16.9. The maximum absolute atomic E-state index is 11.9. The van der Waals surface area contributed by atoms with Gasteiger partial charge in [0.2, 0.25) is 0 Å². The van der Waals surface area contributed by atoms with Crippen molar-refractivity contribution in [1.29, 1.82) is 0 Å². The summed E-state index contributed by atoms with van der Waals surface area (Å²) in [7, 11) is 0. The van der Waals surface area contributed by atoms with Crippen molar-refractivity contribution in [3.8, 4) is 0 Å². The van der Waals surface area contributed by atoms with E-state index in [-0.39, 0.29) is 18.0 Å². The van der Waals surface area contributed by atoms with Crippen molar-refractivity contribution in [2.45, 2.75) is 52.5 Å². The van der Waals surface area contributed by atoms with Crippen LogP contribution in [0.5, 0.6) is 0 Å². The van der Waals surface area contributed by atoms with Gasteiger partial charge in [0.15, 0.2) is 0 Å². The summed E-state index contributed by atoms with van der Waals surface area (Å²) in [6.07, 6.45) is -1.00. The minimum atomic E-state index is -0.625. The number of hydroxylamine groups is 2. The number of aliphatic hydroxyl groups excluding tert-OH is 1. The number of hydrogen-bond acceptors (Lipinski definition) is 5. The van der Waals surface area contributed by atoms with Crippen LogP contribution in [0.2, 0.25) is 0 Å². The van der Waals surface area contributed by atoms with Crippen LogP contribution in [0.1, 0.15) is 31.9 Å². The van der Waals surface area contributed by atoms with Gasteiger partial charge in [-0.25, -0.2) is 0 Å². The van der Waals surface area contributed by atoms with Crippen LogP contribution < -0.4 is 0 Å². The van der Waals surface area contributed by atoms with Crippen molar-refractivity contribution in [3.63, 3.8) is 0 Å². The number of fused-ring (bicyclic) bond motifs is 1. The highest BCUT2D eigenvalue weighted by atomic mass is 16.7. The second kappa shape index (κ2) is 7.22. The summed E-state index contributed by atoms with van der Waals surface area (Å²) in [5.74, 6) is -0.349. The Hall–Kier alpha value is -1.43. The van der Waals surface area contributed by atoms with E-state index in [0.29, 0.717) is 13.2 Å². The first-order valence-corrected chi connectivity index (χ1v) is 7.90. The molecule has 4 unspecified atom stereocenters. The molecule has 2 heterocycles. The lowest BCUT2D eigenvalue weighted by Gasteiger charge is -2.21. The van der Waals surface area contributed by atoms with E-state index in [1.807, 2.05) is 45.0 Å². The minimum Gasteiger partial charge on any atom is -0.464 e. The van der Waals surface area contributed by atoms with Gasteiger partial charge in [-0.3, -0.25) is 9.63 Å². The summed E-state index contributed by atoms with van der Waals surface area (Å²) in [6.45, 7) is 8.55. The number of carbonyl (C=O) groups excluding carboxylic acids is 1. The van der Waals surface area contributed by atoms with E-state index in [0.717, 1.165) is 5.56 Å². The predicted molar refractivity (Wildman–Crippen MR) is 82.9 cm³/mol. The molecule has 22 heavy (non-hydrogen) atoms. The maximum Gasteiger partial charge on any atom is 0.326 e. The molecule has 0 aliphatic carbocycles. The average Bonchev–Trinajstić information content (AvgIpc) is 3.06. The highest BCUT2D eigenvalue weighted by Gasteiger charge is 2.54. The zero-order valence-corrected chi connectivity index (χ0v) is 13.7. The molecule has 4 atom stereocenters. The number of aryl methyl sites for hydroxylation is 1. The summed E-state index contributed by atoms with van der Waals surface area (Å²) in [5.41, 5.74) is 2.26. The van der Waals surface area contributed by atoms with Crippen LogP contribution in [0.4, 0.5) is 0 Å². The van der Waals surface area contributed by atoms with Crippen LogP contribution in [-0.2, 0) is 20.9 Å². The van der Waals surface area contributed by atoms with Crippen LogP contribution in [0, 0.1) is 12.8 Å². The molecule has 2 aliphatic rings. The summed E-state index contributed by atoms with van der Waals surface area (Å²) in [4.78, 5) is 17.6. The molecule has 1 aromatic carbocycles. The Morgan fingerprint density at radius 3 is 2.55 bits per heavy atom. The molecule has 0 amide bonds. The Labute approximate surface area is 131 Å². The van der Waals surface area contributed by atoms with Crippen LogP contribution in [0.3, 0.4) is 0 Å². The Kier molecular flexibility index (Phi) is 5.56. The number of rotatable bonds is 3. The first-order chi connectivity index (χ1) is 10.6. The number of nitrogens with zero attached hydrogens (tertiary/aromatic N) is 1. The predicted octanol–water partition coefficient (Wildman–Crippen LogP) is 2.06. The van der Waals surface area contributed by atoms with Crippen molar-refractivity contribution >= 4 is 5.97 Å². The van der Waals surface area contributed by atoms with Crippen molar-refractivity contribution in [3.05, 3.63) is 35.4 Å². The van der Waals surface area contributed by atoms with Gasteiger partial charge in [0.1, 0.15) is 12.1 Å². The van der Waals surface area contributed by atoms with Crippen molar-refractivity contribution in [1.82, 2.24) is 5.06 Å². The lowest BCUT2D eigenvalue weighted by molar-refractivity contribution is -0.202. The molecule has 0 bridgehead atoms. The monoisotopic (exact) mass is 307 g/mol. The molecule has 5 heteroatoms. The third-order valence-electron chi connectivity index (χ3n) is 3.99. The molecule has 2 aliphatic heterocycles. The highest BCUT2D eigenvalue weighted by molar-refractivity contribution is 5.78. The SMILES string of the molecule is CC.Cc1ccc(CN2OC(C(C)O)C3COC(=O)C32)cc1. The van der Waals surface area contributed by atoms with Crippen molar-refractivity contribution in [2.75, 3.05) is 6.61 Å². The molecular formula is C17H25NO4. The van der Waals surface area contributed by atoms with Gasteiger partial charge < -0.3 is 9.84 Å². The molecule has 3 rings (SSSR count). The number of ether oxygens (including phenoxy) is 1. The average molecular weight is 307 g/mol. The Morgan fingerprint density at radius 2 is 1.95 bits per heavy atom. The van der Waals surface area contributed by atoms with Gasteiger partial charge in [0.05, 0.1) is 25.2 Å². The number of carbonyl (C=O) groups is 1. The molecule has 5 nitrogen and oxygen atoms in total. The summed E-state index contributed by atoms with van der Waals surface area (Å²) in [5, 5.41) is 11.4. The number of cyclic esters (lactones) is 1. The molecule has 0 radical (unpaired) electrons. The van der Waals surface area contributed by atoms with Crippen LogP contribution in [0.15, 0.2) is 24.3 Å². The van der Waals surface area contributed by atoms with E-state index in [1.54, 1.807) is 12.0 Å².